The van der Waals surface area contributed by atoms with E-state index in [2.05, 4.69) is 10.4 Å². The fourth-order valence-corrected chi connectivity index (χ4v) is 1.49. The summed E-state index contributed by atoms with van der Waals surface area (Å²) in [6.45, 7) is 0.662. The van der Waals surface area contributed by atoms with Crippen molar-refractivity contribution in [2.45, 2.75) is 13.1 Å². The zero-order valence-corrected chi connectivity index (χ0v) is 9.71. The van der Waals surface area contributed by atoms with Crippen molar-refractivity contribution >= 4 is 5.91 Å². The van der Waals surface area contributed by atoms with Crippen LogP contribution in [0.1, 0.15) is 11.1 Å². The Hall–Kier alpha value is -2.61. The van der Waals surface area contributed by atoms with Crippen LogP contribution in [0.4, 0.5) is 0 Å². The van der Waals surface area contributed by atoms with E-state index in [0.717, 1.165) is 5.56 Å². The monoisotopic (exact) mass is 240 g/mol. The molecule has 0 bridgehead atoms. The average molecular weight is 240 g/mol. The van der Waals surface area contributed by atoms with Gasteiger partial charge in [0, 0.05) is 18.9 Å². The van der Waals surface area contributed by atoms with E-state index in [4.69, 9.17) is 5.26 Å². The van der Waals surface area contributed by atoms with Crippen molar-refractivity contribution in [2.24, 2.45) is 0 Å². The van der Waals surface area contributed by atoms with Gasteiger partial charge in [-0.2, -0.15) is 10.4 Å². The number of amides is 1. The summed E-state index contributed by atoms with van der Waals surface area (Å²) in [6, 6.07) is 10.9. The molecule has 0 spiro atoms. The minimum Gasteiger partial charge on any atom is -0.350 e. The van der Waals surface area contributed by atoms with Gasteiger partial charge in [0.1, 0.15) is 6.54 Å². The number of aromatic nitrogens is 2. The number of carbonyl (C=O) groups is 1. The molecule has 90 valence electrons. The standard InChI is InChI=1S/C13H12N4O/c14-8-11-2-4-12(5-3-11)9-15-13(18)10-17-7-1-6-16-17/h1-7H,9-10H2,(H,15,18). The molecule has 0 aliphatic heterocycles. The molecular weight excluding hydrogens is 228 g/mol. The molecule has 0 saturated heterocycles. The lowest BCUT2D eigenvalue weighted by atomic mass is 10.1. The topological polar surface area (TPSA) is 70.7 Å². The summed E-state index contributed by atoms with van der Waals surface area (Å²) in [6.07, 6.45) is 3.37. The zero-order valence-electron chi connectivity index (χ0n) is 9.71. The molecule has 0 aliphatic rings. The van der Waals surface area contributed by atoms with Gasteiger partial charge in [0.25, 0.3) is 0 Å². The van der Waals surface area contributed by atoms with Crippen LogP contribution in [0.25, 0.3) is 0 Å². The molecule has 2 aromatic rings. The normalized spacial score (nSPS) is 9.72. The number of hydrogen-bond donors (Lipinski definition) is 1. The second-order valence-electron chi connectivity index (χ2n) is 3.79. The van der Waals surface area contributed by atoms with E-state index in [9.17, 15) is 4.79 Å². The number of rotatable bonds is 4. The number of nitrogens with zero attached hydrogens (tertiary/aromatic N) is 3. The van der Waals surface area contributed by atoms with E-state index in [1.807, 2.05) is 18.2 Å². The van der Waals surface area contributed by atoms with Crippen LogP contribution in [0.2, 0.25) is 0 Å². The largest absolute Gasteiger partial charge is 0.350 e. The highest BCUT2D eigenvalue weighted by Gasteiger charge is 2.02. The van der Waals surface area contributed by atoms with Gasteiger partial charge in [-0.1, -0.05) is 12.1 Å². The highest BCUT2D eigenvalue weighted by molar-refractivity contribution is 5.75. The summed E-state index contributed by atoms with van der Waals surface area (Å²) in [5, 5.41) is 15.4. The molecule has 0 fully saturated rings. The van der Waals surface area contributed by atoms with Gasteiger partial charge in [-0.05, 0) is 23.8 Å². The SMILES string of the molecule is N#Cc1ccc(CNC(=O)Cn2cccn2)cc1. The molecule has 1 N–H and O–H groups in total. The minimum absolute atomic E-state index is 0.0944. The summed E-state index contributed by atoms with van der Waals surface area (Å²) in [7, 11) is 0. The molecular formula is C13H12N4O. The van der Waals surface area contributed by atoms with Gasteiger partial charge in [0.2, 0.25) is 5.91 Å². The maximum Gasteiger partial charge on any atom is 0.241 e. The van der Waals surface area contributed by atoms with Crippen LogP contribution in [0.15, 0.2) is 42.7 Å². The molecule has 2 rings (SSSR count). The summed E-state index contributed by atoms with van der Waals surface area (Å²) < 4.78 is 1.56. The first-order chi connectivity index (χ1) is 8.78. The Morgan fingerprint density at radius 2 is 2.17 bits per heavy atom. The number of benzene rings is 1. The van der Waals surface area contributed by atoms with Crippen molar-refractivity contribution in [3.63, 3.8) is 0 Å². The van der Waals surface area contributed by atoms with E-state index < -0.39 is 0 Å². The van der Waals surface area contributed by atoms with Gasteiger partial charge in [-0.3, -0.25) is 9.48 Å². The van der Waals surface area contributed by atoms with Crippen molar-refractivity contribution in [2.75, 3.05) is 0 Å². The fraction of sp³-hybridized carbons (Fsp3) is 0.154. The summed E-state index contributed by atoms with van der Waals surface area (Å²) in [4.78, 5) is 11.6. The van der Waals surface area contributed by atoms with Crippen LogP contribution in [-0.2, 0) is 17.9 Å². The molecule has 1 aromatic carbocycles. The smallest absolute Gasteiger partial charge is 0.241 e. The fourth-order valence-electron chi connectivity index (χ4n) is 1.49. The third-order valence-corrected chi connectivity index (χ3v) is 2.44. The van der Waals surface area contributed by atoms with Crippen molar-refractivity contribution in [3.05, 3.63) is 53.9 Å². The first-order valence-electron chi connectivity index (χ1n) is 5.51. The van der Waals surface area contributed by atoms with Crippen LogP contribution >= 0.6 is 0 Å². The van der Waals surface area contributed by atoms with Gasteiger partial charge in [-0.25, -0.2) is 0 Å². The van der Waals surface area contributed by atoms with Gasteiger partial charge in [0.05, 0.1) is 11.6 Å². The number of nitrogens with one attached hydrogen (secondary N) is 1. The molecule has 5 heteroatoms. The lowest BCUT2D eigenvalue weighted by molar-refractivity contribution is -0.122. The molecule has 0 aliphatic carbocycles. The van der Waals surface area contributed by atoms with E-state index in [1.165, 1.54) is 0 Å². The number of nitriles is 1. The molecule has 1 amide bonds. The predicted octanol–water partition coefficient (Wildman–Crippen LogP) is 1.07. The third-order valence-electron chi connectivity index (χ3n) is 2.44. The Morgan fingerprint density at radius 1 is 1.39 bits per heavy atom. The molecule has 0 atom stereocenters. The molecule has 0 unspecified atom stereocenters. The molecule has 0 radical (unpaired) electrons. The van der Waals surface area contributed by atoms with Crippen LogP contribution in [0, 0.1) is 11.3 Å². The van der Waals surface area contributed by atoms with Gasteiger partial charge in [-0.15, -0.1) is 0 Å². The maximum absolute atomic E-state index is 11.6. The Labute approximate surface area is 105 Å². The summed E-state index contributed by atoms with van der Waals surface area (Å²) >= 11 is 0. The molecule has 18 heavy (non-hydrogen) atoms. The lowest BCUT2D eigenvalue weighted by Crippen LogP contribution is -2.27. The zero-order chi connectivity index (χ0) is 12.8. The minimum atomic E-state index is -0.0944. The van der Waals surface area contributed by atoms with Crippen molar-refractivity contribution < 1.29 is 4.79 Å². The number of hydrogen-bond acceptors (Lipinski definition) is 3. The third kappa shape index (κ3) is 3.19. The molecule has 0 saturated carbocycles. The highest BCUT2D eigenvalue weighted by atomic mass is 16.2. The van der Waals surface area contributed by atoms with E-state index >= 15 is 0 Å². The Balaban J connectivity index is 1.83. The first kappa shape index (κ1) is 11.9. The van der Waals surface area contributed by atoms with Gasteiger partial charge in [0.15, 0.2) is 0 Å². The maximum atomic E-state index is 11.6. The summed E-state index contributed by atoms with van der Waals surface area (Å²) in [5.74, 6) is -0.0944. The highest BCUT2D eigenvalue weighted by Crippen LogP contribution is 2.02. The average Bonchev–Trinajstić information content (AvgIpc) is 2.90. The van der Waals surface area contributed by atoms with Gasteiger partial charge < -0.3 is 5.32 Å². The second-order valence-corrected chi connectivity index (χ2v) is 3.79. The van der Waals surface area contributed by atoms with E-state index in [0.29, 0.717) is 12.1 Å². The van der Waals surface area contributed by atoms with E-state index in [1.54, 1.807) is 35.3 Å². The molecule has 1 heterocycles. The Morgan fingerprint density at radius 3 is 2.78 bits per heavy atom. The van der Waals surface area contributed by atoms with Crippen LogP contribution in [-0.4, -0.2) is 15.7 Å². The van der Waals surface area contributed by atoms with Crippen LogP contribution in [0.3, 0.4) is 0 Å². The van der Waals surface area contributed by atoms with Crippen molar-refractivity contribution in [1.82, 2.24) is 15.1 Å². The quantitative estimate of drug-likeness (QED) is 0.869. The van der Waals surface area contributed by atoms with Crippen LogP contribution in [0.5, 0.6) is 0 Å². The van der Waals surface area contributed by atoms with Crippen molar-refractivity contribution in [1.29, 1.82) is 5.26 Å². The van der Waals surface area contributed by atoms with Crippen molar-refractivity contribution in [3.8, 4) is 6.07 Å². The predicted molar refractivity (Wildman–Crippen MR) is 65.2 cm³/mol. The Bertz CT molecular complexity index is 552. The Kier molecular flexibility index (Phi) is 3.72. The van der Waals surface area contributed by atoms with Crippen LogP contribution < -0.4 is 5.32 Å². The summed E-state index contributed by atoms with van der Waals surface area (Å²) in [5.41, 5.74) is 1.57. The first-order valence-corrected chi connectivity index (χ1v) is 5.51. The second kappa shape index (κ2) is 5.64. The molecule has 1 aromatic heterocycles. The molecule has 5 nitrogen and oxygen atoms in total. The van der Waals surface area contributed by atoms with Gasteiger partial charge >= 0.3 is 0 Å². The number of carbonyl (C=O) groups excluding carboxylic acids is 1. The lowest BCUT2D eigenvalue weighted by Gasteiger charge is -2.05. The van der Waals surface area contributed by atoms with E-state index in [-0.39, 0.29) is 12.5 Å².